The van der Waals surface area contributed by atoms with Crippen LogP contribution < -0.4 is 31.5 Å². The molecular formula is C81H88Cl3N11O16. The Labute approximate surface area is 654 Å². The lowest BCUT2D eigenvalue weighted by atomic mass is 9.92. The van der Waals surface area contributed by atoms with Gasteiger partial charge in [0.05, 0.1) is 61.1 Å². The summed E-state index contributed by atoms with van der Waals surface area (Å²) >= 11 is 19.4. The van der Waals surface area contributed by atoms with Crippen molar-refractivity contribution in [2.24, 2.45) is 36.6 Å². The lowest BCUT2D eigenvalue weighted by molar-refractivity contribution is 0.158. The molecule has 0 N–H and O–H groups in total. The first kappa shape index (κ1) is 82.1. The third-order valence-corrected chi connectivity index (χ3v) is 19.4. The molecule has 0 aliphatic carbocycles. The van der Waals surface area contributed by atoms with Crippen LogP contribution in [0.15, 0.2) is 143 Å². The number of carbonyl (C=O) groups is 1. The van der Waals surface area contributed by atoms with E-state index in [0.29, 0.717) is 119 Å². The molecule has 1 fully saturated rings. The molecule has 111 heavy (non-hydrogen) atoms. The molecule has 0 radical (unpaired) electrons. The van der Waals surface area contributed by atoms with Crippen LogP contribution in [0.3, 0.4) is 0 Å². The van der Waals surface area contributed by atoms with E-state index in [2.05, 4.69) is 54.0 Å². The number of methoxy groups -OCH3 is 3. The molecule has 1 aliphatic heterocycles. The number of hydrogen-bond acceptors (Lipinski definition) is 23. The first-order chi connectivity index (χ1) is 53.2. The van der Waals surface area contributed by atoms with Gasteiger partial charge in [-0.3, -0.25) is 13.7 Å². The van der Waals surface area contributed by atoms with Crippen molar-refractivity contribution in [1.82, 2.24) is 38.9 Å². The predicted molar refractivity (Wildman–Crippen MR) is 427 cm³/mol. The van der Waals surface area contributed by atoms with Gasteiger partial charge in [-0.05, 0) is 243 Å². The van der Waals surface area contributed by atoms with Crippen LogP contribution in [-0.4, -0.2) is 123 Å². The number of nitrogens with zero attached hydrogens (tertiary/aromatic N) is 11. The first-order valence-electron chi connectivity index (χ1n) is 35.5. The Hall–Kier alpha value is -11.4. The number of fused-ring (bicyclic) bond motifs is 3. The fourth-order valence-electron chi connectivity index (χ4n) is 13.3. The van der Waals surface area contributed by atoms with E-state index in [1.807, 2.05) is 114 Å². The second-order valence-corrected chi connectivity index (χ2v) is 27.4. The molecule has 27 nitrogen and oxygen atoms in total. The number of benzene rings is 6. The zero-order valence-corrected chi connectivity index (χ0v) is 67.3. The Morgan fingerprint density at radius 2 is 0.811 bits per heavy atom. The Bertz CT molecular complexity index is 5430. The second-order valence-electron chi connectivity index (χ2n) is 26.4. The van der Waals surface area contributed by atoms with Crippen molar-refractivity contribution < 1.29 is 60.4 Å². The van der Waals surface area contributed by atoms with Crippen molar-refractivity contribution in [3.63, 3.8) is 0 Å². The molecule has 0 bridgehead atoms. The van der Waals surface area contributed by atoms with E-state index in [0.717, 1.165) is 127 Å². The summed E-state index contributed by atoms with van der Waals surface area (Å²) in [6.07, 6.45) is 12.1. The molecule has 0 unspecified atom stereocenters. The van der Waals surface area contributed by atoms with Gasteiger partial charge >= 0.3 is 23.4 Å². The number of allylic oxidation sites excluding steroid dienone is 3. The van der Waals surface area contributed by atoms with Crippen molar-refractivity contribution >= 4 is 106 Å². The number of carbonyl (C=O) groups excluding carboxylic acids is 1. The molecule has 1 saturated heterocycles. The average molecular weight is 1580 g/mol. The van der Waals surface area contributed by atoms with Crippen LogP contribution in [-0.2, 0) is 53.2 Å². The largest absolute Gasteiger partial charge is 0.496 e. The van der Waals surface area contributed by atoms with Crippen molar-refractivity contribution in [2.45, 2.75) is 107 Å². The Morgan fingerprint density at radius 3 is 1.13 bits per heavy atom. The Kier molecular flexibility index (Phi) is 27.3. The minimum absolute atomic E-state index is 0.167. The summed E-state index contributed by atoms with van der Waals surface area (Å²) in [5.74, 6) is 3.02. The molecule has 0 saturated carbocycles. The standard InChI is InChI=1S/2C27H29ClN4O5.C27H30ClN3O6/c1-15-11-18(13-21(24(15)34-5)26(28)31-35-6)20(9-7-8-10-23-30-29-17(3)36-23)19-12-16(2)25-22(14-19)32(4)27(33)37-25;1-15-11-18(13-21(24(15)34-5)26(28)31-35-6)20(9-7-8-10-23-29-17(3)30-37-23)19-12-16(2)25-22(14-19)32(4)27(33)36-25;1-16-12-18(14-21(23(16)34-4)25(28)29-35-5)20(8-6-7-9-31-10-11-36-27(31)33)19-13-17(2)24-22(15-19)30(3)26(32)37-24/h2*9,11-14H,7-8,10H2,1-6H3;8,12-15H,6-7,9-11H2,1-5H3/b2*20-9+,31-26-;20-8+,29-25-. The van der Waals surface area contributed by atoms with Gasteiger partial charge < -0.3 is 60.6 Å². The Balaban J connectivity index is 0.000000177. The van der Waals surface area contributed by atoms with Crippen LogP contribution in [0.2, 0.25) is 0 Å². The van der Waals surface area contributed by atoms with Crippen LogP contribution in [0.1, 0.15) is 145 Å². The van der Waals surface area contributed by atoms with Crippen LogP contribution in [0.25, 0.3) is 50.0 Å². The van der Waals surface area contributed by atoms with Crippen LogP contribution in [0, 0.1) is 55.4 Å². The highest BCUT2D eigenvalue weighted by atomic mass is 35.5. The van der Waals surface area contributed by atoms with E-state index < -0.39 is 17.3 Å². The van der Waals surface area contributed by atoms with E-state index in [1.165, 1.54) is 35.0 Å². The summed E-state index contributed by atoms with van der Waals surface area (Å²) in [5, 5.41) is 24.1. The van der Waals surface area contributed by atoms with Gasteiger partial charge in [-0.2, -0.15) is 4.98 Å². The van der Waals surface area contributed by atoms with Gasteiger partial charge in [0.1, 0.15) is 45.2 Å². The van der Waals surface area contributed by atoms with Gasteiger partial charge in [0, 0.05) is 47.5 Å². The number of unbranched alkanes of at least 4 members (excludes halogenated alkanes) is 3. The number of amides is 1. The van der Waals surface area contributed by atoms with Crippen molar-refractivity contribution in [1.29, 1.82) is 0 Å². The molecular weight excluding hydrogens is 1490 g/mol. The van der Waals surface area contributed by atoms with Crippen LogP contribution >= 0.6 is 34.8 Å². The maximum absolute atomic E-state index is 12.2. The topological polar surface area (TPSA) is 305 Å². The molecule has 1 aliphatic rings. The minimum atomic E-state index is -0.414. The summed E-state index contributed by atoms with van der Waals surface area (Å²) in [6, 6.07) is 23.8. The van der Waals surface area contributed by atoms with Gasteiger partial charge in [0.15, 0.2) is 38.1 Å². The molecule has 0 spiro atoms. The van der Waals surface area contributed by atoms with Gasteiger partial charge in [0.2, 0.25) is 17.7 Å². The zero-order chi connectivity index (χ0) is 80.1. The lowest BCUT2D eigenvalue weighted by Gasteiger charge is -2.16. The first-order valence-corrected chi connectivity index (χ1v) is 36.6. The molecule has 1 amide bonds. The van der Waals surface area contributed by atoms with Gasteiger partial charge in [0.25, 0.3) is 0 Å². The molecule has 0 atom stereocenters. The highest BCUT2D eigenvalue weighted by Crippen LogP contribution is 2.39. The molecule has 6 heterocycles. The summed E-state index contributed by atoms with van der Waals surface area (Å²) in [6.45, 7) is 16.8. The van der Waals surface area contributed by atoms with Crippen molar-refractivity contribution in [2.75, 3.05) is 62.4 Å². The number of ether oxygens (including phenoxy) is 4. The molecule has 11 aromatic rings. The highest BCUT2D eigenvalue weighted by Gasteiger charge is 2.25. The lowest BCUT2D eigenvalue weighted by Crippen LogP contribution is -2.25. The fourth-order valence-corrected chi connectivity index (χ4v) is 14.0. The molecule has 5 aromatic heterocycles. The summed E-state index contributed by atoms with van der Waals surface area (Å²) in [5.41, 5.74) is 19.3. The molecule has 584 valence electrons. The van der Waals surface area contributed by atoms with Gasteiger partial charge in [-0.1, -0.05) is 73.7 Å². The monoisotopic (exact) mass is 1580 g/mol. The van der Waals surface area contributed by atoms with Crippen molar-refractivity contribution in [3.05, 3.63) is 230 Å². The highest BCUT2D eigenvalue weighted by molar-refractivity contribution is 6.70. The molecule has 6 aromatic carbocycles. The fraction of sp³-hybridized carbons (Fsp3) is 0.346. The van der Waals surface area contributed by atoms with E-state index in [4.69, 9.17) is 90.5 Å². The van der Waals surface area contributed by atoms with E-state index in [1.54, 1.807) is 61.2 Å². The number of halogens is 3. The second kappa shape index (κ2) is 36.9. The van der Waals surface area contributed by atoms with E-state index in [-0.39, 0.29) is 21.6 Å². The van der Waals surface area contributed by atoms with Crippen LogP contribution in [0.4, 0.5) is 4.79 Å². The Morgan fingerprint density at radius 1 is 0.459 bits per heavy atom. The number of rotatable bonds is 27. The predicted octanol–water partition coefficient (Wildman–Crippen LogP) is 15.9. The number of hydrogen-bond donors (Lipinski definition) is 0. The van der Waals surface area contributed by atoms with E-state index >= 15 is 0 Å². The third kappa shape index (κ3) is 18.9. The number of cyclic esters (lactones) is 1. The minimum Gasteiger partial charge on any atom is -0.496 e. The molecule has 30 heteroatoms. The van der Waals surface area contributed by atoms with Crippen molar-refractivity contribution in [3.8, 4) is 17.2 Å². The number of aromatic nitrogens is 7. The average Bonchev–Trinajstić information content (AvgIpc) is 1.77. The maximum Gasteiger partial charge on any atom is 0.419 e. The SMILES string of the molecule is CO/N=C(\Cl)c1cc(/C(=C\CCCN2CCOC2=O)c2cc(C)c3oc(=O)n(C)c3c2)cc(C)c1OC.CO/N=C(\Cl)c1cc(/C(=C\CCCc2nc(C)no2)c2cc(C)c3oc(=O)n(C)c3c2)cc(C)c1OC.CO/N=C(\Cl)c1cc(/C(=C\CCCc2nnc(C)o2)c2cc(C)c3oc(=O)n(C)c3c2)cc(C)c1OC. The number of oxazole rings is 3. The zero-order valence-electron chi connectivity index (χ0n) is 65.0. The summed E-state index contributed by atoms with van der Waals surface area (Å²) in [4.78, 5) is 69.1. The van der Waals surface area contributed by atoms with Crippen LogP contribution in [0.5, 0.6) is 17.2 Å². The summed E-state index contributed by atoms with van der Waals surface area (Å²) < 4.78 is 53.5. The summed E-state index contributed by atoms with van der Waals surface area (Å²) in [7, 11) is 14.2. The smallest absolute Gasteiger partial charge is 0.419 e. The van der Waals surface area contributed by atoms with Gasteiger partial charge in [-0.15, -0.1) is 10.2 Å². The number of oxime groups is 3. The van der Waals surface area contributed by atoms with E-state index in [9.17, 15) is 19.2 Å². The maximum atomic E-state index is 12.2. The molecule has 12 rings (SSSR count). The van der Waals surface area contributed by atoms with Gasteiger partial charge in [-0.25, -0.2) is 19.2 Å². The normalized spacial score (nSPS) is 13.1. The number of aryl methyl sites for hydroxylation is 13. The quantitative estimate of drug-likeness (QED) is 0.0262. The third-order valence-electron chi connectivity index (χ3n) is 18.6.